The van der Waals surface area contributed by atoms with Gasteiger partial charge in [0.25, 0.3) is 5.91 Å². The summed E-state index contributed by atoms with van der Waals surface area (Å²) in [5.74, 6) is -0.498. The Morgan fingerprint density at radius 3 is 2.63 bits per heavy atom. The van der Waals surface area contributed by atoms with Gasteiger partial charge >= 0.3 is 0 Å². The van der Waals surface area contributed by atoms with Crippen molar-refractivity contribution in [3.63, 3.8) is 0 Å². The minimum Gasteiger partial charge on any atom is -0.451 e. The number of nitrogens with zero attached hydrogens (tertiary/aromatic N) is 1. The highest BCUT2D eigenvalue weighted by Crippen LogP contribution is 2.27. The van der Waals surface area contributed by atoms with Crippen molar-refractivity contribution in [1.29, 1.82) is 0 Å². The third-order valence-corrected chi connectivity index (χ3v) is 6.27. The van der Waals surface area contributed by atoms with Crippen LogP contribution in [0.1, 0.15) is 33.7 Å². The topological polar surface area (TPSA) is 79.6 Å². The van der Waals surface area contributed by atoms with Crippen molar-refractivity contribution in [2.45, 2.75) is 25.1 Å². The fraction of sp³-hybridized carbons (Fsp3) is 0.348. The van der Waals surface area contributed by atoms with Crippen molar-refractivity contribution < 1.29 is 17.6 Å². The molecule has 2 aromatic carbocycles. The third-order valence-electron chi connectivity index (χ3n) is 5.46. The highest BCUT2D eigenvalue weighted by atomic mass is 32.2. The molecule has 4 rings (SSSR count). The maximum atomic E-state index is 12.7. The second kappa shape index (κ2) is 8.62. The number of carbonyl (C=O) groups is 1. The zero-order valence-electron chi connectivity index (χ0n) is 17.1. The number of sulfone groups is 1. The van der Waals surface area contributed by atoms with Crippen LogP contribution in [0.2, 0.25) is 0 Å². The van der Waals surface area contributed by atoms with Gasteiger partial charge in [-0.15, -0.1) is 0 Å². The molecule has 158 valence electrons. The third kappa shape index (κ3) is 4.74. The van der Waals surface area contributed by atoms with E-state index in [1.165, 1.54) is 11.1 Å². The molecule has 2 heterocycles. The smallest absolute Gasteiger partial charge is 0.287 e. The number of hydrogen-bond donors (Lipinski definition) is 1. The summed E-state index contributed by atoms with van der Waals surface area (Å²) in [6, 6.07) is 15.7. The van der Waals surface area contributed by atoms with Crippen LogP contribution in [-0.2, 0) is 28.6 Å². The average Bonchev–Trinajstić information content (AvgIpc) is 3.08. The lowest BCUT2D eigenvalue weighted by Crippen LogP contribution is -2.33. The molecule has 0 atom stereocenters. The van der Waals surface area contributed by atoms with Crippen molar-refractivity contribution in [2.24, 2.45) is 0 Å². The van der Waals surface area contributed by atoms with Gasteiger partial charge in [0.1, 0.15) is 5.58 Å². The normalized spacial score (nSPS) is 14.6. The Labute approximate surface area is 176 Å². The molecule has 0 saturated carbocycles. The van der Waals surface area contributed by atoms with Crippen LogP contribution < -0.4 is 5.32 Å². The Hall–Kier alpha value is -2.64. The highest BCUT2D eigenvalue weighted by Gasteiger charge is 2.23. The van der Waals surface area contributed by atoms with Crippen LogP contribution in [0, 0.1) is 0 Å². The largest absolute Gasteiger partial charge is 0.451 e. The molecule has 3 aromatic rings. The Bertz CT molecular complexity index is 1170. The molecule has 1 N–H and O–H groups in total. The van der Waals surface area contributed by atoms with E-state index >= 15 is 0 Å². The van der Waals surface area contributed by atoms with Crippen LogP contribution in [0.5, 0.6) is 0 Å². The van der Waals surface area contributed by atoms with E-state index in [9.17, 15) is 13.2 Å². The maximum absolute atomic E-state index is 12.7. The van der Waals surface area contributed by atoms with Crippen LogP contribution in [0.15, 0.2) is 52.9 Å². The minimum atomic E-state index is -3.31. The Morgan fingerprint density at radius 2 is 1.83 bits per heavy atom. The SMILES string of the molecule is CS(=O)(=O)Cc1c(C(=O)NCCCN2CCc3ccccc3C2)oc2ccccc12. The zero-order valence-corrected chi connectivity index (χ0v) is 17.9. The molecular formula is C23H26N2O4S. The lowest BCUT2D eigenvalue weighted by molar-refractivity contribution is 0.0925. The molecule has 0 spiro atoms. The molecule has 0 unspecified atom stereocenters. The molecule has 30 heavy (non-hydrogen) atoms. The van der Waals surface area contributed by atoms with E-state index in [1.807, 2.05) is 6.07 Å². The van der Waals surface area contributed by atoms with E-state index in [0.29, 0.717) is 23.1 Å². The van der Waals surface area contributed by atoms with E-state index in [4.69, 9.17) is 4.42 Å². The second-order valence-corrected chi connectivity index (χ2v) is 10.0. The standard InChI is InChI=1S/C23H26N2O4S/c1-30(27,28)16-20-19-9-4-5-10-21(19)29-22(20)23(26)24-12-6-13-25-14-11-17-7-2-3-8-18(17)15-25/h2-5,7-10H,6,11-16H2,1H3,(H,24,26). The molecule has 0 saturated heterocycles. The summed E-state index contributed by atoms with van der Waals surface area (Å²) < 4.78 is 29.4. The second-order valence-electron chi connectivity index (χ2n) is 7.88. The van der Waals surface area contributed by atoms with Crippen molar-refractivity contribution in [3.8, 4) is 0 Å². The van der Waals surface area contributed by atoms with Crippen molar-refractivity contribution in [2.75, 3.05) is 25.9 Å². The molecule has 6 nitrogen and oxygen atoms in total. The Balaban J connectivity index is 1.37. The van der Waals surface area contributed by atoms with Gasteiger partial charge in [0, 0.05) is 43.4 Å². The average molecular weight is 427 g/mol. The number of hydrogen-bond acceptors (Lipinski definition) is 5. The number of carbonyl (C=O) groups excluding carboxylic acids is 1. The first-order valence-electron chi connectivity index (χ1n) is 10.2. The Kier molecular flexibility index (Phi) is 5.92. The van der Waals surface area contributed by atoms with Gasteiger partial charge in [0.15, 0.2) is 15.6 Å². The molecule has 1 amide bonds. The summed E-state index contributed by atoms with van der Waals surface area (Å²) in [4.78, 5) is 15.1. The predicted octanol–water partition coefficient (Wildman–Crippen LogP) is 3.16. The number of nitrogens with one attached hydrogen (secondary N) is 1. The molecule has 1 aliphatic heterocycles. The van der Waals surface area contributed by atoms with Crippen molar-refractivity contribution in [1.82, 2.24) is 10.2 Å². The predicted molar refractivity (Wildman–Crippen MR) is 117 cm³/mol. The summed E-state index contributed by atoms with van der Waals surface area (Å²) in [5.41, 5.74) is 3.75. The number of para-hydroxylation sites is 1. The molecule has 0 bridgehead atoms. The van der Waals surface area contributed by atoms with Gasteiger partial charge in [-0.05, 0) is 30.0 Å². The van der Waals surface area contributed by atoms with E-state index in [2.05, 4.69) is 34.5 Å². The molecule has 0 fully saturated rings. The van der Waals surface area contributed by atoms with Crippen LogP contribution >= 0.6 is 0 Å². The maximum Gasteiger partial charge on any atom is 0.287 e. The van der Waals surface area contributed by atoms with Crippen LogP contribution in [0.4, 0.5) is 0 Å². The van der Waals surface area contributed by atoms with Crippen LogP contribution in [-0.4, -0.2) is 45.1 Å². The summed E-state index contributed by atoms with van der Waals surface area (Å²) in [6.07, 6.45) is 3.03. The lowest BCUT2D eigenvalue weighted by Gasteiger charge is -2.28. The number of rotatable bonds is 7. The Morgan fingerprint density at radius 1 is 1.10 bits per heavy atom. The van der Waals surface area contributed by atoms with Crippen LogP contribution in [0.25, 0.3) is 11.0 Å². The van der Waals surface area contributed by atoms with Crippen molar-refractivity contribution >= 4 is 26.7 Å². The molecule has 1 aliphatic rings. The van der Waals surface area contributed by atoms with E-state index in [1.54, 1.807) is 18.2 Å². The van der Waals surface area contributed by atoms with Gasteiger partial charge in [-0.25, -0.2) is 8.42 Å². The van der Waals surface area contributed by atoms with E-state index in [0.717, 1.165) is 38.7 Å². The molecule has 0 radical (unpaired) electrons. The fourth-order valence-electron chi connectivity index (χ4n) is 4.02. The first kappa shape index (κ1) is 20.6. The van der Waals surface area contributed by atoms with Crippen molar-refractivity contribution in [3.05, 3.63) is 71.0 Å². The summed E-state index contributed by atoms with van der Waals surface area (Å²) >= 11 is 0. The first-order chi connectivity index (χ1) is 14.4. The lowest BCUT2D eigenvalue weighted by atomic mass is 10.00. The minimum absolute atomic E-state index is 0.0912. The number of fused-ring (bicyclic) bond motifs is 2. The summed E-state index contributed by atoms with van der Waals surface area (Å²) in [7, 11) is -3.31. The van der Waals surface area contributed by atoms with Crippen LogP contribution in [0.3, 0.4) is 0 Å². The summed E-state index contributed by atoms with van der Waals surface area (Å²) in [6.45, 7) is 3.36. The zero-order chi connectivity index (χ0) is 21.1. The molecular weight excluding hydrogens is 400 g/mol. The van der Waals surface area contributed by atoms with Gasteiger partial charge in [-0.1, -0.05) is 42.5 Å². The molecule has 7 heteroatoms. The van der Waals surface area contributed by atoms with Gasteiger partial charge in [0.05, 0.1) is 5.75 Å². The van der Waals surface area contributed by atoms with Gasteiger partial charge < -0.3 is 9.73 Å². The first-order valence-corrected chi connectivity index (χ1v) is 12.2. The number of furan rings is 1. The summed E-state index contributed by atoms with van der Waals surface area (Å²) in [5, 5.41) is 3.56. The van der Waals surface area contributed by atoms with E-state index < -0.39 is 9.84 Å². The van der Waals surface area contributed by atoms with Gasteiger partial charge in [0.2, 0.25) is 0 Å². The molecule has 1 aromatic heterocycles. The fourth-order valence-corrected chi connectivity index (χ4v) is 4.83. The molecule has 0 aliphatic carbocycles. The highest BCUT2D eigenvalue weighted by molar-refractivity contribution is 7.89. The monoisotopic (exact) mass is 426 g/mol. The van der Waals surface area contributed by atoms with E-state index in [-0.39, 0.29) is 17.4 Å². The number of benzene rings is 2. The van der Waals surface area contributed by atoms with Gasteiger partial charge in [-0.2, -0.15) is 0 Å². The quantitative estimate of drug-likeness (QED) is 0.587. The van der Waals surface area contributed by atoms with Gasteiger partial charge in [-0.3, -0.25) is 9.69 Å². The number of amides is 1.